The lowest BCUT2D eigenvalue weighted by Crippen LogP contribution is -2.27. The van der Waals surface area contributed by atoms with Crippen LogP contribution < -0.4 is 10.6 Å². The molecule has 0 heterocycles. The summed E-state index contributed by atoms with van der Waals surface area (Å²) in [5.41, 5.74) is 0.167. The van der Waals surface area contributed by atoms with Gasteiger partial charge in [0.05, 0.1) is 0 Å². The van der Waals surface area contributed by atoms with Crippen molar-refractivity contribution in [1.29, 1.82) is 0 Å². The van der Waals surface area contributed by atoms with Crippen molar-refractivity contribution in [2.45, 2.75) is 43.9 Å². The van der Waals surface area contributed by atoms with Crippen LogP contribution >= 0.6 is 7.60 Å². The van der Waals surface area contributed by atoms with Gasteiger partial charge in [-0.1, -0.05) is 79.6 Å². The van der Waals surface area contributed by atoms with Gasteiger partial charge in [-0.3, -0.25) is 9.36 Å². The molecule has 35 heavy (non-hydrogen) atoms. The van der Waals surface area contributed by atoms with E-state index in [4.69, 9.17) is 0 Å². The van der Waals surface area contributed by atoms with E-state index in [2.05, 4.69) is 10.6 Å². The van der Waals surface area contributed by atoms with Gasteiger partial charge in [0.1, 0.15) is 0 Å². The van der Waals surface area contributed by atoms with Crippen LogP contribution in [0.2, 0.25) is 0 Å². The number of rotatable bonds is 7. The molecule has 4 N–H and O–H groups in total. The Morgan fingerprint density at radius 1 is 0.886 bits per heavy atom. The third kappa shape index (κ3) is 5.16. The van der Waals surface area contributed by atoms with Crippen molar-refractivity contribution < 1.29 is 19.1 Å². The summed E-state index contributed by atoms with van der Waals surface area (Å²) < 4.78 is 12.6. The standard InChI is InChI=1S/C28H29N2O4P/c31-28(27(35(32,33)34)25-15-7-11-19-8-3-6-14-24(19)25)30-26-17-21-10-2-1-9-20(21)16-22(26)18-29-23-12-4-5-13-23/h1-3,6-11,14-17,23,27,29H,4-5,12-13,18H2,(H,30,31)(H2,32,33,34). The highest BCUT2D eigenvalue weighted by atomic mass is 31.2. The van der Waals surface area contributed by atoms with Crippen molar-refractivity contribution in [1.82, 2.24) is 5.32 Å². The zero-order valence-corrected chi connectivity index (χ0v) is 20.2. The highest BCUT2D eigenvalue weighted by Crippen LogP contribution is 2.53. The molecule has 1 saturated carbocycles. The van der Waals surface area contributed by atoms with E-state index >= 15 is 0 Å². The van der Waals surface area contributed by atoms with E-state index in [1.54, 1.807) is 24.3 Å². The van der Waals surface area contributed by atoms with E-state index < -0.39 is 19.2 Å². The molecule has 0 bridgehead atoms. The molecule has 0 saturated heterocycles. The summed E-state index contributed by atoms with van der Waals surface area (Å²) >= 11 is 0. The fraction of sp³-hybridized carbons (Fsp3) is 0.250. The highest BCUT2D eigenvalue weighted by Gasteiger charge is 2.38. The minimum Gasteiger partial charge on any atom is -0.325 e. The molecular formula is C28H29N2O4P. The van der Waals surface area contributed by atoms with Gasteiger partial charge >= 0.3 is 7.60 Å². The summed E-state index contributed by atoms with van der Waals surface area (Å²) in [7, 11) is -4.82. The molecular weight excluding hydrogens is 459 g/mol. The Morgan fingerprint density at radius 2 is 1.51 bits per heavy atom. The van der Waals surface area contributed by atoms with Crippen molar-refractivity contribution in [3.63, 3.8) is 0 Å². The zero-order chi connectivity index (χ0) is 24.4. The second-order valence-corrected chi connectivity index (χ2v) is 11.0. The molecule has 0 aromatic heterocycles. The highest BCUT2D eigenvalue weighted by molar-refractivity contribution is 7.53. The molecule has 1 aliphatic carbocycles. The Bertz CT molecular complexity index is 1420. The molecule has 180 valence electrons. The molecule has 4 aromatic rings. The molecule has 5 rings (SSSR count). The smallest absolute Gasteiger partial charge is 0.325 e. The zero-order valence-electron chi connectivity index (χ0n) is 19.4. The average molecular weight is 489 g/mol. The minimum atomic E-state index is -4.82. The molecule has 1 atom stereocenters. The summed E-state index contributed by atoms with van der Waals surface area (Å²) in [6.45, 7) is 0.569. The number of hydrogen-bond donors (Lipinski definition) is 4. The van der Waals surface area contributed by atoms with Crippen LogP contribution in [0.25, 0.3) is 21.5 Å². The lowest BCUT2D eigenvalue weighted by molar-refractivity contribution is -0.116. The maximum absolute atomic E-state index is 13.5. The molecule has 1 fully saturated rings. The molecule has 6 nitrogen and oxygen atoms in total. The number of carbonyl (C=O) groups is 1. The second-order valence-electron chi connectivity index (χ2n) is 9.27. The first kappa shape index (κ1) is 23.7. The monoisotopic (exact) mass is 488 g/mol. The van der Waals surface area contributed by atoms with Crippen LogP contribution in [0, 0.1) is 0 Å². The maximum Gasteiger partial charge on any atom is 0.342 e. The van der Waals surface area contributed by atoms with Crippen LogP contribution in [0.5, 0.6) is 0 Å². The lowest BCUT2D eigenvalue weighted by Gasteiger charge is -2.22. The van der Waals surface area contributed by atoms with Crippen LogP contribution in [0.1, 0.15) is 42.5 Å². The average Bonchev–Trinajstić information content (AvgIpc) is 3.36. The van der Waals surface area contributed by atoms with Crippen molar-refractivity contribution in [3.8, 4) is 0 Å². The lowest BCUT2D eigenvalue weighted by atomic mass is 10.0. The first-order chi connectivity index (χ1) is 16.9. The SMILES string of the molecule is O=C(Nc1cc2ccccc2cc1CNC1CCCC1)C(c1cccc2ccccc12)P(=O)(O)O. The van der Waals surface area contributed by atoms with Crippen LogP contribution in [0.4, 0.5) is 5.69 Å². The first-order valence-electron chi connectivity index (χ1n) is 12.0. The van der Waals surface area contributed by atoms with Gasteiger partial charge in [-0.15, -0.1) is 0 Å². The normalized spacial score (nSPS) is 15.5. The molecule has 0 aliphatic heterocycles. The van der Waals surface area contributed by atoms with Crippen LogP contribution in [-0.2, 0) is 15.9 Å². The van der Waals surface area contributed by atoms with Crippen LogP contribution in [0.15, 0.2) is 78.9 Å². The molecule has 0 radical (unpaired) electrons. The number of hydrogen-bond acceptors (Lipinski definition) is 3. The van der Waals surface area contributed by atoms with Gasteiger partial charge in [0.25, 0.3) is 0 Å². The van der Waals surface area contributed by atoms with Gasteiger partial charge in [-0.2, -0.15) is 0 Å². The first-order valence-corrected chi connectivity index (χ1v) is 13.7. The maximum atomic E-state index is 13.5. The number of nitrogens with one attached hydrogen (secondary N) is 2. The predicted octanol–water partition coefficient (Wildman–Crippen LogP) is 5.88. The molecule has 0 spiro atoms. The van der Waals surface area contributed by atoms with Gasteiger partial charge in [0.15, 0.2) is 5.66 Å². The summed E-state index contributed by atoms with van der Waals surface area (Å²) in [5, 5.41) is 9.94. The Morgan fingerprint density at radius 3 is 2.23 bits per heavy atom. The van der Waals surface area contributed by atoms with Gasteiger partial charge < -0.3 is 20.4 Å². The minimum absolute atomic E-state index is 0.320. The number of anilines is 1. The second kappa shape index (κ2) is 9.92. The van der Waals surface area contributed by atoms with E-state index in [9.17, 15) is 19.1 Å². The molecule has 1 unspecified atom stereocenters. The Balaban J connectivity index is 1.52. The summed E-state index contributed by atoms with van der Waals surface area (Å²) in [6, 6.07) is 24.8. The van der Waals surface area contributed by atoms with Gasteiger partial charge in [0.2, 0.25) is 5.91 Å². The number of amides is 1. The number of carbonyl (C=O) groups excluding carboxylic acids is 1. The predicted molar refractivity (Wildman–Crippen MR) is 140 cm³/mol. The fourth-order valence-corrected chi connectivity index (χ4v) is 6.06. The van der Waals surface area contributed by atoms with Crippen molar-refractivity contribution in [3.05, 3.63) is 90.0 Å². The van der Waals surface area contributed by atoms with E-state index in [-0.39, 0.29) is 0 Å². The quantitative estimate of drug-likeness (QED) is 0.244. The largest absolute Gasteiger partial charge is 0.342 e. The topological polar surface area (TPSA) is 98.7 Å². The third-order valence-corrected chi connectivity index (χ3v) is 8.05. The van der Waals surface area contributed by atoms with Gasteiger partial charge in [-0.25, -0.2) is 0 Å². The summed E-state index contributed by atoms with van der Waals surface area (Å²) in [4.78, 5) is 34.1. The van der Waals surface area contributed by atoms with E-state index in [0.29, 0.717) is 29.2 Å². The molecule has 1 amide bonds. The van der Waals surface area contributed by atoms with Crippen molar-refractivity contribution in [2.24, 2.45) is 0 Å². The van der Waals surface area contributed by atoms with E-state index in [0.717, 1.165) is 34.6 Å². The Labute approximate surface area is 204 Å². The van der Waals surface area contributed by atoms with Crippen LogP contribution in [-0.4, -0.2) is 21.7 Å². The van der Waals surface area contributed by atoms with Crippen molar-refractivity contribution >= 4 is 40.7 Å². The third-order valence-electron chi connectivity index (χ3n) is 6.87. The van der Waals surface area contributed by atoms with Crippen LogP contribution in [0.3, 0.4) is 0 Å². The fourth-order valence-electron chi connectivity index (χ4n) is 5.10. The number of benzene rings is 4. The Kier molecular flexibility index (Phi) is 6.72. The molecule has 7 heteroatoms. The van der Waals surface area contributed by atoms with E-state index in [1.165, 1.54) is 12.8 Å². The molecule has 1 aliphatic rings. The summed E-state index contributed by atoms with van der Waals surface area (Å²) in [6.07, 6.45) is 4.70. The van der Waals surface area contributed by atoms with Gasteiger partial charge in [0, 0.05) is 18.3 Å². The van der Waals surface area contributed by atoms with Crippen molar-refractivity contribution in [2.75, 3.05) is 5.32 Å². The molecule has 4 aromatic carbocycles. The summed E-state index contributed by atoms with van der Waals surface area (Å²) in [5.74, 6) is -0.716. The Hall–Kier alpha value is -3.02. The number of fused-ring (bicyclic) bond motifs is 2. The van der Waals surface area contributed by atoms with E-state index in [1.807, 2.05) is 54.6 Å². The van der Waals surface area contributed by atoms with Gasteiger partial charge in [-0.05, 0) is 57.6 Å².